The van der Waals surface area contributed by atoms with Gasteiger partial charge in [-0.15, -0.1) is 6.42 Å². The predicted molar refractivity (Wildman–Crippen MR) is 119 cm³/mol. The Morgan fingerprint density at radius 1 is 1.07 bits per heavy atom. The van der Waals surface area contributed by atoms with Crippen molar-refractivity contribution in [3.05, 3.63) is 76.1 Å². The first kappa shape index (κ1) is 18.3. The van der Waals surface area contributed by atoms with Crippen molar-refractivity contribution in [2.75, 3.05) is 5.75 Å². The van der Waals surface area contributed by atoms with E-state index in [0.29, 0.717) is 10.9 Å². The summed E-state index contributed by atoms with van der Waals surface area (Å²) in [4.78, 5) is 19.1. The van der Waals surface area contributed by atoms with E-state index in [4.69, 9.17) is 11.4 Å². The van der Waals surface area contributed by atoms with Crippen molar-refractivity contribution in [2.45, 2.75) is 42.7 Å². The van der Waals surface area contributed by atoms with E-state index in [1.165, 1.54) is 30.2 Å². The topological polar surface area (TPSA) is 34.9 Å². The second kappa shape index (κ2) is 7.24. The molecule has 144 valence electrons. The van der Waals surface area contributed by atoms with E-state index >= 15 is 0 Å². The minimum absolute atomic E-state index is 0.0668. The Morgan fingerprint density at radius 3 is 2.55 bits per heavy atom. The van der Waals surface area contributed by atoms with Crippen LogP contribution in [0.3, 0.4) is 0 Å². The van der Waals surface area contributed by atoms with Gasteiger partial charge in [-0.2, -0.15) is 0 Å². The van der Waals surface area contributed by atoms with Gasteiger partial charge in [0.2, 0.25) is 0 Å². The zero-order valence-corrected chi connectivity index (χ0v) is 17.0. The van der Waals surface area contributed by atoms with Crippen molar-refractivity contribution in [3.8, 4) is 29.3 Å². The molecule has 0 aliphatic heterocycles. The van der Waals surface area contributed by atoms with Gasteiger partial charge in [-0.1, -0.05) is 73.0 Å². The normalized spacial score (nSPS) is 16.2. The summed E-state index contributed by atoms with van der Waals surface area (Å²) in [5.41, 5.74) is 4.99. The molecule has 3 nitrogen and oxygen atoms in total. The highest BCUT2D eigenvalue weighted by Gasteiger charge is 2.44. The summed E-state index contributed by atoms with van der Waals surface area (Å²) in [6.07, 6.45) is 10.9. The first-order chi connectivity index (χ1) is 14.2. The molecule has 1 fully saturated rings. The first-order valence-electron chi connectivity index (χ1n) is 10.1. The maximum atomic E-state index is 14.0. The fourth-order valence-corrected chi connectivity index (χ4v) is 5.70. The second-order valence-electron chi connectivity index (χ2n) is 7.91. The van der Waals surface area contributed by atoms with Gasteiger partial charge in [0, 0.05) is 11.0 Å². The summed E-state index contributed by atoms with van der Waals surface area (Å²) in [5, 5.41) is 0.669. The number of thioether (sulfide) groups is 1. The highest BCUT2D eigenvalue weighted by molar-refractivity contribution is 7.99. The molecule has 2 aromatic carbocycles. The molecular formula is C25H22N2OS. The summed E-state index contributed by atoms with van der Waals surface area (Å²) in [6, 6.07) is 18.2. The van der Waals surface area contributed by atoms with Gasteiger partial charge >= 0.3 is 0 Å². The Kier molecular flexibility index (Phi) is 4.56. The van der Waals surface area contributed by atoms with E-state index < -0.39 is 0 Å². The zero-order valence-electron chi connectivity index (χ0n) is 16.2. The van der Waals surface area contributed by atoms with Gasteiger partial charge in [-0.3, -0.25) is 9.36 Å². The lowest BCUT2D eigenvalue weighted by Gasteiger charge is -2.36. The van der Waals surface area contributed by atoms with Gasteiger partial charge in [-0.05, 0) is 37.0 Å². The SMILES string of the molecule is C#CCSc1nc2c(c(=O)n1-c1ccccc1)C1(CCCC1)Cc1ccccc1-2. The number of hydrogen-bond acceptors (Lipinski definition) is 3. The maximum absolute atomic E-state index is 14.0. The van der Waals surface area contributed by atoms with E-state index in [1.807, 2.05) is 36.4 Å². The van der Waals surface area contributed by atoms with Crippen molar-refractivity contribution in [1.82, 2.24) is 9.55 Å². The van der Waals surface area contributed by atoms with E-state index in [1.54, 1.807) is 4.57 Å². The maximum Gasteiger partial charge on any atom is 0.263 e. The molecule has 4 heteroatoms. The minimum atomic E-state index is -0.0976. The van der Waals surface area contributed by atoms with Crippen LogP contribution in [0.5, 0.6) is 0 Å². The van der Waals surface area contributed by atoms with Crippen LogP contribution in [0.4, 0.5) is 0 Å². The molecule has 0 unspecified atom stereocenters. The third-order valence-corrected chi connectivity index (χ3v) is 7.09. The van der Waals surface area contributed by atoms with Gasteiger partial charge in [0.25, 0.3) is 5.56 Å². The summed E-state index contributed by atoms with van der Waals surface area (Å²) < 4.78 is 1.77. The molecule has 0 N–H and O–H groups in total. The lowest BCUT2D eigenvalue weighted by molar-refractivity contribution is 0.422. The number of benzene rings is 2. The van der Waals surface area contributed by atoms with Crippen LogP contribution in [0.2, 0.25) is 0 Å². The van der Waals surface area contributed by atoms with Crippen LogP contribution in [0, 0.1) is 12.3 Å². The van der Waals surface area contributed by atoms with Gasteiger partial charge in [0.05, 0.1) is 22.7 Å². The first-order valence-corrected chi connectivity index (χ1v) is 11.1. The van der Waals surface area contributed by atoms with Crippen molar-refractivity contribution < 1.29 is 0 Å². The molecule has 2 aliphatic carbocycles. The molecular weight excluding hydrogens is 376 g/mol. The van der Waals surface area contributed by atoms with Crippen molar-refractivity contribution in [3.63, 3.8) is 0 Å². The molecule has 2 aliphatic rings. The highest BCUT2D eigenvalue weighted by atomic mass is 32.2. The quantitative estimate of drug-likeness (QED) is 0.354. The van der Waals surface area contributed by atoms with Crippen molar-refractivity contribution in [1.29, 1.82) is 0 Å². The Labute approximate surface area is 175 Å². The molecule has 0 amide bonds. The largest absolute Gasteiger partial charge is 0.268 e. The molecule has 1 aromatic heterocycles. The molecule has 5 rings (SSSR count). The average Bonchev–Trinajstić information content (AvgIpc) is 3.21. The van der Waals surface area contributed by atoms with Crippen molar-refractivity contribution >= 4 is 11.8 Å². The van der Waals surface area contributed by atoms with Crippen molar-refractivity contribution in [2.24, 2.45) is 0 Å². The van der Waals surface area contributed by atoms with Crippen LogP contribution in [0.25, 0.3) is 16.9 Å². The molecule has 1 saturated carbocycles. The van der Waals surface area contributed by atoms with Gasteiger partial charge in [0.15, 0.2) is 5.16 Å². The highest BCUT2D eigenvalue weighted by Crippen LogP contribution is 2.50. The minimum Gasteiger partial charge on any atom is -0.268 e. The van der Waals surface area contributed by atoms with Crippen LogP contribution in [0.1, 0.15) is 36.8 Å². The number of fused-ring (bicyclic) bond motifs is 4. The second-order valence-corrected chi connectivity index (χ2v) is 8.85. The lowest BCUT2D eigenvalue weighted by Crippen LogP contribution is -2.40. The standard InChI is InChI=1S/C25H22N2OS/c1-2-16-29-24-26-22-20-13-7-6-10-18(20)17-25(14-8-9-15-25)21(22)23(28)27(24)19-11-4-3-5-12-19/h1,3-7,10-13H,8-9,14-17H2. The summed E-state index contributed by atoms with van der Waals surface area (Å²) >= 11 is 1.45. The monoisotopic (exact) mass is 398 g/mol. The van der Waals surface area contributed by atoms with Crippen LogP contribution in [0.15, 0.2) is 64.5 Å². The molecule has 1 heterocycles. The molecule has 3 aromatic rings. The van der Waals surface area contributed by atoms with Gasteiger partial charge < -0.3 is 0 Å². The Morgan fingerprint density at radius 2 is 1.79 bits per heavy atom. The smallest absolute Gasteiger partial charge is 0.263 e. The number of para-hydroxylation sites is 1. The predicted octanol–water partition coefficient (Wildman–Crippen LogP) is 4.99. The number of rotatable bonds is 3. The Hall–Kier alpha value is -2.77. The Bertz CT molecular complexity index is 1170. The summed E-state index contributed by atoms with van der Waals surface area (Å²) in [7, 11) is 0. The fourth-order valence-electron chi connectivity index (χ4n) is 5.02. The van der Waals surface area contributed by atoms with E-state index in [-0.39, 0.29) is 11.0 Å². The van der Waals surface area contributed by atoms with E-state index in [2.05, 4.69) is 24.1 Å². The van der Waals surface area contributed by atoms with E-state index in [0.717, 1.165) is 41.8 Å². The van der Waals surface area contributed by atoms with Crippen LogP contribution in [-0.4, -0.2) is 15.3 Å². The number of hydrogen-bond donors (Lipinski definition) is 0. The average molecular weight is 399 g/mol. The molecule has 0 radical (unpaired) electrons. The summed E-state index contributed by atoms with van der Waals surface area (Å²) in [6.45, 7) is 0. The molecule has 0 bridgehead atoms. The lowest BCUT2D eigenvalue weighted by atomic mass is 9.68. The fraction of sp³-hybridized carbons (Fsp3) is 0.280. The number of terminal acetylenes is 1. The Balaban J connectivity index is 1.84. The molecule has 1 spiro atoms. The molecule has 0 atom stereocenters. The van der Waals surface area contributed by atoms with Gasteiger partial charge in [0.1, 0.15) is 0 Å². The number of nitrogens with zero attached hydrogens (tertiary/aromatic N) is 2. The molecule has 29 heavy (non-hydrogen) atoms. The summed E-state index contributed by atoms with van der Waals surface area (Å²) in [5.74, 6) is 3.15. The van der Waals surface area contributed by atoms with Gasteiger partial charge in [-0.25, -0.2) is 4.98 Å². The van der Waals surface area contributed by atoms with Crippen LogP contribution < -0.4 is 5.56 Å². The molecule has 0 saturated heterocycles. The zero-order chi connectivity index (χ0) is 19.8. The third-order valence-electron chi connectivity index (χ3n) is 6.24. The van der Waals surface area contributed by atoms with Crippen LogP contribution in [-0.2, 0) is 11.8 Å². The van der Waals surface area contributed by atoms with E-state index in [9.17, 15) is 4.79 Å². The third kappa shape index (κ3) is 2.92. The number of aromatic nitrogens is 2. The van der Waals surface area contributed by atoms with Crippen LogP contribution >= 0.6 is 11.8 Å².